The van der Waals surface area contributed by atoms with Gasteiger partial charge in [0.05, 0.1) is 13.4 Å². The Labute approximate surface area is 176 Å². The van der Waals surface area contributed by atoms with Gasteiger partial charge in [-0.05, 0) is 61.2 Å². The van der Waals surface area contributed by atoms with Crippen LogP contribution < -0.4 is 15.0 Å². The van der Waals surface area contributed by atoms with Crippen LogP contribution in [0.15, 0.2) is 59.2 Å². The molecule has 0 saturated carbocycles. The zero-order valence-electron chi connectivity index (χ0n) is 17.1. The summed E-state index contributed by atoms with van der Waals surface area (Å²) in [4.78, 5) is 14.7. The van der Waals surface area contributed by atoms with Gasteiger partial charge >= 0.3 is 0 Å². The van der Waals surface area contributed by atoms with Gasteiger partial charge < -0.3 is 19.4 Å². The zero-order valence-corrected chi connectivity index (χ0v) is 17.1. The number of aromatic nitrogens is 2. The molecule has 7 nitrogen and oxygen atoms in total. The molecule has 0 bridgehead atoms. The molecule has 1 aliphatic heterocycles. The summed E-state index contributed by atoms with van der Waals surface area (Å²) in [6.45, 7) is 2.24. The van der Waals surface area contributed by atoms with Crippen LogP contribution in [0, 0.1) is 5.92 Å². The van der Waals surface area contributed by atoms with E-state index < -0.39 is 0 Å². The second-order valence-electron chi connectivity index (χ2n) is 7.40. The fourth-order valence-electron chi connectivity index (χ4n) is 3.69. The first-order valence-corrected chi connectivity index (χ1v) is 10.3. The number of piperidine rings is 1. The Morgan fingerprint density at radius 1 is 1.13 bits per heavy atom. The van der Waals surface area contributed by atoms with Gasteiger partial charge in [0.1, 0.15) is 11.4 Å². The summed E-state index contributed by atoms with van der Waals surface area (Å²) >= 11 is 0. The minimum Gasteiger partial charge on any atom is -0.497 e. The zero-order chi connectivity index (χ0) is 20.8. The monoisotopic (exact) mass is 406 g/mol. The second kappa shape index (κ2) is 9.43. The predicted molar refractivity (Wildman–Crippen MR) is 114 cm³/mol. The van der Waals surface area contributed by atoms with Gasteiger partial charge in [-0.25, -0.2) is 0 Å². The number of amides is 1. The molecule has 4 rings (SSSR count). The Balaban J connectivity index is 1.22. The Bertz CT molecular complexity index is 932. The first kappa shape index (κ1) is 19.9. The molecule has 0 unspecified atom stereocenters. The predicted octanol–water partition coefficient (Wildman–Crippen LogP) is 3.32. The fourth-order valence-corrected chi connectivity index (χ4v) is 3.69. The van der Waals surface area contributed by atoms with Gasteiger partial charge in [0.2, 0.25) is 5.91 Å². The molecule has 0 spiro atoms. The summed E-state index contributed by atoms with van der Waals surface area (Å²) in [5.41, 5.74) is 1.90. The van der Waals surface area contributed by atoms with E-state index in [1.54, 1.807) is 13.4 Å². The first-order chi connectivity index (χ1) is 14.7. The molecule has 1 aliphatic rings. The number of nitrogens with one attached hydrogen (secondary N) is 1. The highest BCUT2D eigenvalue weighted by molar-refractivity contribution is 5.79. The molecule has 7 heteroatoms. The quantitative estimate of drug-likeness (QED) is 0.648. The maximum atomic E-state index is 12.5. The molecule has 3 heterocycles. The van der Waals surface area contributed by atoms with Crippen molar-refractivity contribution in [3.63, 3.8) is 0 Å². The molecule has 0 aliphatic carbocycles. The highest BCUT2D eigenvalue weighted by atomic mass is 16.5. The molecule has 0 radical (unpaired) electrons. The minimum atomic E-state index is 0.0486. The van der Waals surface area contributed by atoms with Crippen molar-refractivity contribution in [3.8, 4) is 17.2 Å². The van der Waals surface area contributed by atoms with Gasteiger partial charge in [0.15, 0.2) is 11.6 Å². The number of furan rings is 1. The summed E-state index contributed by atoms with van der Waals surface area (Å²) < 4.78 is 10.5. The summed E-state index contributed by atoms with van der Waals surface area (Å²) in [6.07, 6.45) is 4.07. The smallest absolute Gasteiger partial charge is 0.223 e. The van der Waals surface area contributed by atoms with Gasteiger partial charge in [-0.1, -0.05) is 12.1 Å². The normalized spacial score (nSPS) is 14.5. The second-order valence-corrected chi connectivity index (χ2v) is 7.40. The number of rotatable bonds is 7. The molecule has 1 N–H and O–H groups in total. The third-order valence-corrected chi connectivity index (χ3v) is 5.49. The molecule has 2 aromatic heterocycles. The first-order valence-electron chi connectivity index (χ1n) is 10.3. The SMILES string of the molecule is COc1ccc(CCNC(=O)C2CCN(c3ccc(-c4ccco4)nn3)CC2)cc1. The van der Waals surface area contributed by atoms with E-state index in [0.29, 0.717) is 12.3 Å². The van der Waals surface area contributed by atoms with E-state index in [4.69, 9.17) is 9.15 Å². The van der Waals surface area contributed by atoms with Crippen LogP contribution in [0.1, 0.15) is 18.4 Å². The lowest BCUT2D eigenvalue weighted by Crippen LogP contribution is -2.41. The average Bonchev–Trinajstić information content (AvgIpc) is 3.35. The van der Waals surface area contributed by atoms with E-state index in [-0.39, 0.29) is 11.8 Å². The van der Waals surface area contributed by atoms with Crippen LogP contribution in [-0.4, -0.2) is 42.8 Å². The number of carbonyl (C=O) groups is 1. The number of carbonyl (C=O) groups excluding carboxylic acids is 1. The van der Waals surface area contributed by atoms with Gasteiger partial charge in [-0.2, -0.15) is 0 Å². The number of anilines is 1. The number of hydrogen-bond acceptors (Lipinski definition) is 6. The van der Waals surface area contributed by atoms with Crippen molar-refractivity contribution >= 4 is 11.7 Å². The Hall–Kier alpha value is -3.35. The molecule has 30 heavy (non-hydrogen) atoms. The van der Waals surface area contributed by atoms with Crippen molar-refractivity contribution in [2.75, 3.05) is 31.6 Å². The third-order valence-electron chi connectivity index (χ3n) is 5.49. The van der Waals surface area contributed by atoms with Gasteiger partial charge in [0.25, 0.3) is 0 Å². The molecule has 156 valence electrons. The van der Waals surface area contributed by atoms with Crippen LogP contribution in [0.25, 0.3) is 11.5 Å². The van der Waals surface area contributed by atoms with Gasteiger partial charge in [-0.3, -0.25) is 4.79 Å². The lowest BCUT2D eigenvalue weighted by Gasteiger charge is -2.31. The highest BCUT2D eigenvalue weighted by Gasteiger charge is 2.25. The number of ether oxygens (including phenoxy) is 1. The van der Waals surface area contributed by atoms with E-state index in [0.717, 1.165) is 49.6 Å². The Morgan fingerprint density at radius 3 is 2.57 bits per heavy atom. The van der Waals surface area contributed by atoms with Gasteiger partial charge in [0, 0.05) is 25.6 Å². The van der Waals surface area contributed by atoms with Crippen molar-refractivity contribution in [2.45, 2.75) is 19.3 Å². The standard InChI is InChI=1S/C23H26N4O3/c1-29-19-6-4-17(5-7-19)10-13-24-23(28)18-11-14-27(15-12-18)22-9-8-20(25-26-22)21-3-2-16-30-21/h2-9,16,18H,10-15H2,1H3,(H,24,28). The maximum Gasteiger partial charge on any atom is 0.223 e. The molecule has 1 fully saturated rings. The molecule has 1 amide bonds. The molecular formula is C23H26N4O3. The summed E-state index contributed by atoms with van der Waals surface area (Å²) in [7, 11) is 1.66. The molecule has 0 atom stereocenters. The van der Waals surface area contributed by atoms with E-state index >= 15 is 0 Å². The average molecular weight is 406 g/mol. The van der Waals surface area contributed by atoms with Crippen LogP contribution in [0.3, 0.4) is 0 Å². The van der Waals surface area contributed by atoms with E-state index in [1.165, 1.54) is 5.56 Å². The van der Waals surface area contributed by atoms with Crippen molar-refractivity contribution < 1.29 is 13.9 Å². The summed E-state index contributed by atoms with van der Waals surface area (Å²) in [5, 5.41) is 11.7. The Kier molecular flexibility index (Phi) is 6.27. The Morgan fingerprint density at radius 2 is 1.93 bits per heavy atom. The van der Waals surface area contributed by atoms with Crippen molar-refractivity contribution in [1.29, 1.82) is 0 Å². The van der Waals surface area contributed by atoms with Crippen LogP contribution in [0.4, 0.5) is 5.82 Å². The van der Waals surface area contributed by atoms with Crippen LogP contribution in [0.5, 0.6) is 5.75 Å². The highest BCUT2D eigenvalue weighted by Crippen LogP contribution is 2.23. The van der Waals surface area contributed by atoms with Crippen LogP contribution in [0.2, 0.25) is 0 Å². The lowest BCUT2D eigenvalue weighted by atomic mass is 9.96. The minimum absolute atomic E-state index is 0.0486. The number of nitrogens with zero attached hydrogens (tertiary/aromatic N) is 3. The van der Waals surface area contributed by atoms with E-state index in [2.05, 4.69) is 20.4 Å². The van der Waals surface area contributed by atoms with Crippen molar-refractivity contribution in [3.05, 3.63) is 60.4 Å². The summed E-state index contributed by atoms with van der Waals surface area (Å²) in [5.74, 6) is 2.58. The van der Waals surface area contributed by atoms with Crippen LogP contribution >= 0.6 is 0 Å². The molecular weight excluding hydrogens is 380 g/mol. The van der Waals surface area contributed by atoms with E-state index in [1.807, 2.05) is 48.5 Å². The molecule has 1 aromatic carbocycles. The fraction of sp³-hybridized carbons (Fsp3) is 0.348. The lowest BCUT2D eigenvalue weighted by molar-refractivity contribution is -0.125. The topological polar surface area (TPSA) is 80.5 Å². The molecule has 1 saturated heterocycles. The number of benzene rings is 1. The summed E-state index contributed by atoms with van der Waals surface area (Å²) in [6, 6.07) is 15.5. The largest absolute Gasteiger partial charge is 0.497 e. The van der Waals surface area contributed by atoms with Crippen LogP contribution in [-0.2, 0) is 11.2 Å². The number of methoxy groups -OCH3 is 1. The van der Waals surface area contributed by atoms with E-state index in [9.17, 15) is 4.79 Å². The maximum absolute atomic E-state index is 12.5. The molecule has 3 aromatic rings. The van der Waals surface area contributed by atoms with Gasteiger partial charge in [-0.15, -0.1) is 10.2 Å². The van der Waals surface area contributed by atoms with Crippen molar-refractivity contribution in [2.24, 2.45) is 5.92 Å². The number of hydrogen-bond donors (Lipinski definition) is 1. The van der Waals surface area contributed by atoms with Crippen molar-refractivity contribution in [1.82, 2.24) is 15.5 Å². The third kappa shape index (κ3) is 4.79.